The zero-order valence-corrected chi connectivity index (χ0v) is 19.7. The Morgan fingerprint density at radius 3 is 2.53 bits per heavy atom. The number of ether oxygens (including phenoxy) is 1. The number of hydrogen-bond donors (Lipinski definition) is 2. The zero-order chi connectivity index (χ0) is 25.9. The van der Waals surface area contributed by atoms with Gasteiger partial charge in [0, 0.05) is 19.0 Å². The van der Waals surface area contributed by atoms with Crippen LogP contribution in [0.4, 0.5) is 18.9 Å². The van der Waals surface area contributed by atoms with Gasteiger partial charge in [0.25, 0.3) is 5.91 Å². The molecule has 0 saturated heterocycles. The van der Waals surface area contributed by atoms with E-state index in [1.165, 1.54) is 30.1 Å². The van der Waals surface area contributed by atoms with Crippen LogP contribution in [0.25, 0.3) is 16.6 Å². The van der Waals surface area contributed by atoms with Crippen molar-refractivity contribution in [3.05, 3.63) is 88.6 Å². The minimum absolute atomic E-state index is 0.0783. The smallest absolute Gasteiger partial charge is 0.375 e. The highest BCUT2D eigenvalue weighted by Crippen LogP contribution is 2.31. The number of alkyl halides is 3. The van der Waals surface area contributed by atoms with Crippen molar-refractivity contribution < 1.29 is 27.5 Å². The molecule has 3 aromatic carbocycles. The topological polar surface area (TPSA) is 85.2 Å². The van der Waals surface area contributed by atoms with Crippen molar-refractivity contribution in [1.29, 1.82) is 0 Å². The standard InChI is InChI=1S/C25H20ClF3N4O3/c1-36-14-23(34)30-12-15-5-10-20(26)18(11-15)24(35)32-21-3-2-4-22-19(21)13-31-33(22)17-8-6-16(7-9-17)25(27,28)29/h2-11,13H,12,14H2,1H3,(H,30,34)(H,32,35). The highest BCUT2D eigenvalue weighted by molar-refractivity contribution is 6.34. The number of benzene rings is 3. The summed E-state index contributed by atoms with van der Waals surface area (Å²) in [7, 11) is 1.41. The molecule has 1 aromatic heterocycles. The van der Waals surface area contributed by atoms with Gasteiger partial charge in [0.05, 0.1) is 39.2 Å². The van der Waals surface area contributed by atoms with Crippen LogP contribution in [0.5, 0.6) is 0 Å². The van der Waals surface area contributed by atoms with Crippen molar-refractivity contribution in [3.63, 3.8) is 0 Å². The Kier molecular flexibility index (Phi) is 7.27. The van der Waals surface area contributed by atoms with Gasteiger partial charge in [-0.3, -0.25) is 9.59 Å². The van der Waals surface area contributed by atoms with E-state index in [0.29, 0.717) is 27.8 Å². The number of halogens is 4. The van der Waals surface area contributed by atoms with E-state index in [2.05, 4.69) is 15.7 Å². The highest BCUT2D eigenvalue weighted by atomic mass is 35.5. The van der Waals surface area contributed by atoms with Gasteiger partial charge in [-0.15, -0.1) is 0 Å². The van der Waals surface area contributed by atoms with Crippen LogP contribution < -0.4 is 10.6 Å². The maximum Gasteiger partial charge on any atom is 0.416 e. The predicted molar refractivity (Wildman–Crippen MR) is 129 cm³/mol. The van der Waals surface area contributed by atoms with Crippen LogP contribution in [0, 0.1) is 0 Å². The van der Waals surface area contributed by atoms with Crippen LogP contribution in [0.2, 0.25) is 5.02 Å². The van der Waals surface area contributed by atoms with Gasteiger partial charge in [0.15, 0.2) is 0 Å². The first-order chi connectivity index (χ1) is 17.2. The molecule has 0 fully saturated rings. The summed E-state index contributed by atoms with van der Waals surface area (Å²) in [6.45, 7) is 0.111. The number of carbonyl (C=O) groups is 2. The monoisotopic (exact) mass is 516 g/mol. The molecule has 0 aliphatic heterocycles. The lowest BCUT2D eigenvalue weighted by Crippen LogP contribution is -2.26. The first-order valence-electron chi connectivity index (χ1n) is 10.7. The van der Waals surface area contributed by atoms with E-state index < -0.39 is 17.6 Å². The average Bonchev–Trinajstić information content (AvgIpc) is 3.28. The summed E-state index contributed by atoms with van der Waals surface area (Å²) in [6, 6.07) is 14.6. The van der Waals surface area contributed by atoms with Crippen molar-refractivity contribution in [3.8, 4) is 5.69 Å². The summed E-state index contributed by atoms with van der Waals surface area (Å²) < 4.78 is 45.0. The van der Waals surface area contributed by atoms with Crippen molar-refractivity contribution in [2.24, 2.45) is 0 Å². The maximum absolute atomic E-state index is 13.0. The van der Waals surface area contributed by atoms with Crippen molar-refractivity contribution >= 4 is 40.0 Å². The van der Waals surface area contributed by atoms with Crippen LogP contribution in [-0.2, 0) is 22.3 Å². The number of methoxy groups -OCH3 is 1. The van der Waals surface area contributed by atoms with E-state index in [4.69, 9.17) is 16.3 Å². The molecule has 0 aliphatic carbocycles. The lowest BCUT2D eigenvalue weighted by Gasteiger charge is -2.11. The van der Waals surface area contributed by atoms with Gasteiger partial charge in [-0.2, -0.15) is 18.3 Å². The molecule has 4 aromatic rings. The minimum atomic E-state index is -4.43. The molecule has 0 aliphatic rings. The molecule has 11 heteroatoms. The summed E-state index contributed by atoms with van der Waals surface area (Å²) in [5.41, 5.74) is 1.60. The third-order valence-corrected chi connectivity index (χ3v) is 5.67. The number of anilines is 1. The van der Waals surface area contributed by atoms with Crippen molar-refractivity contribution in [1.82, 2.24) is 15.1 Å². The quantitative estimate of drug-likeness (QED) is 0.353. The van der Waals surface area contributed by atoms with E-state index in [1.807, 2.05) is 0 Å². The van der Waals surface area contributed by atoms with Gasteiger partial charge in [0.2, 0.25) is 5.91 Å². The Balaban J connectivity index is 1.57. The Morgan fingerprint density at radius 2 is 1.83 bits per heavy atom. The molecule has 0 unspecified atom stereocenters. The third-order valence-electron chi connectivity index (χ3n) is 5.34. The van der Waals surface area contributed by atoms with Gasteiger partial charge < -0.3 is 15.4 Å². The lowest BCUT2D eigenvalue weighted by molar-refractivity contribution is -0.137. The largest absolute Gasteiger partial charge is 0.416 e. The molecule has 0 bridgehead atoms. The normalized spacial score (nSPS) is 11.5. The van der Waals surface area contributed by atoms with E-state index in [1.54, 1.807) is 36.4 Å². The molecule has 2 amide bonds. The summed E-state index contributed by atoms with van der Waals surface area (Å²) in [6.07, 6.45) is -2.91. The average molecular weight is 517 g/mol. The molecule has 4 rings (SSSR count). The molecular formula is C25H20ClF3N4O3. The van der Waals surface area contributed by atoms with Crippen LogP contribution in [-0.4, -0.2) is 35.3 Å². The summed E-state index contributed by atoms with van der Waals surface area (Å²) in [4.78, 5) is 24.7. The third kappa shape index (κ3) is 5.50. The fourth-order valence-electron chi connectivity index (χ4n) is 3.59. The molecule has 36 heavy (non-hydrogen) atoms. The number of amides is 2. The molecule has 1 heterocycles. The van der Waals surface area contributed by atoms with E-state index in [-0.39, 0.29) is 29.6 Å². The number of nitrogens with one attached hydrogen (secondary N) is 2. The first-order valence-corrected chi connectivity index (χ1v) is 11.0. The number of hydrogen-bond acceptors (Lipinski definition) is 4. The van der Waals surface area contributed by atoms with Crippen molar-refractivity contribution in [2.45, 2.75) is 12.7 Å². The number of carbonyl (C=O) groups excluding carboxylic acids is 2. The van der Waals surface area contributed by atoms with E-state index in [0.717, 1.165) is 12.1 Å². The number of rotatable bonds is 7. The second-order valence-corrected chi connectivity index (χ2v) is 8.22. The van der Waals surface area contributed by atoms with Crippen LogP contribution in [0.15, 0.2) is 66.9 Å². The lowest BCUT2D eigenvalue weighted by atomic mass is 10.1. The second kappa shape index (κ2) is 10.4. The number of nitrogens with zero attached hydrogens (tertiary/aromatic N) is 2. The van der Waals surface area contributed by atoms with Gasteiger partial charge in [-0.25, -0.2) is 4.68 Å². The molecule has 0 saturated carbocycles. The molecule has 2 N–H and O–H groups in total. The number of fused-ring (bicyclic) bond motifs is 1. The highest BCUT2D eigenvalue weighted by Gasteiger charge is 2.30. The van der Waals surface area contributed by atoms with Gasteiger partial charge in [-0.05, 0) is 54.1 Å². The zero-order valence-electron chi connectivity index (χ0n) is 18.9. The fraction of sp³-hybridized carbons (Fsp3) is 0.160. The Hall–Kier alpha value is -3.89. The molecule has 186 valence electrons. The predicted octanol–water partition coefficient (Wildman–Crippen LogP) is 5.21. The fourth-order valence-corrected chi connectivity index (χ4v) is 3.79. The van der Waals surface area contributed by atoms with Gasteiger partial charge in [-0.1, -0.05) is 23.7 Å². The molecular weight excluding hydrogens is 497 g/mol. The molecule has 0 spiro atoms. The van der Waals surface area contributed by atoms with Crippen LogP contribution in [0.1, 0.15) is 21.5 Å². The number of aromatic nitrogens is 2. The Labute approximate surface area is 208 Å². The SMILES string of the molecule is COCC(=O)NCc1ccc(Cl)c(C(=O)Nc2cccc3c2cnn3-c2ccc(C(F)(F)F)cc2)c1. The Bertz CT molecular complexity index is 1420. The maximum atomic E-state index is 13.0. The van der Waals surface area contributed by atoms with Gasteiger partial charge >= 0.3 is 6.18 Å². The minimum Gasteiger partial charge on any atom is -0.375 e. The molecule has 0 atom stereocenters. The van der Waals surface area contributed by atoms with E-state index in [9.17, 15) is 22.8 Å². The summed E-state index contributed by atoms with van der Waals surface area (Å²) >= 11 is 6.25. The molecule has 7 nitrogen and oxygen atoms in total. The first kappa shape index (κ1) is 25.2. The molecule has 0 radical (unpaired) electrons. The van der Waals surface area contributed by atoms with Crippen LogP contribution >= 0.6 is 11.6 Å². The second-order valence-electron chi connectivity index (χ2n) is 7.82. The summed E-state index contributed by atoms with van der Waals surface area (Å²) in [5, 5.41) is 10.6. The van der Waals surface area contributed by atoms with Crippen molar-refractivity contribution in [2.75, 3.05) is 19.0 Å². The Morgan fingerprint density at radius 1 is 1.08 bits per heavy atom. The van der Waals surface area contributed by atoms with Crippen LogP contribution in [0.3, 0.4) is 0 Å². The summed E-state index contributed by atoms with van der Waals surface area (Å²) in [5.74, 6) is -0.768. The van der Waals surface area contributed by atoms with Gasteiger partial charge in [0.1, 0.15) is 6.61 Å². The van der Waals surface area contributed by atoms with E-state index >= 15 is 0 Å².